The second-order valence-corrected chi connectivity index (χ2v) is 5.95. The van der Waals surface area contributed by atoms with Crippen LogP contribution < -0.4 is 10.6 Å². The lowest BCUT2D eigenvalue weighted by Crippen LogP contribution is -2.43. The minimum atomic E-state index is -0.289. The van der Waals surface area contributed by atoms with Crippen LogP contribution in [-0.4, -0.2) is 26.8 Å². The fourth-order valence-corrected chi connectivity index (χ4v) is 2.10. The number of nitrogens with zero attached hydrogens (tertiary/aromatic N) is 3. The summed E-state index contributed by atoms with van der Waals surface area (Å²) in [5.41, 5.74) is 0.639. The molecule has 0 atom stereocenters. The van der Waals surface area contributed by atoms with Gasteiger partial charge in [0.1, 0.15) is 5.01 Å². The van der Waals surface area contributed by atoms with Crippen molar-refractivity contribution < 1.29 is 4.79 Å². The van der Waals surface area contributed by atoms with E-state index in [0.717, 1.165) is 10.6 Å². The van der Waals surface area contributed by atoms with E-state index in [0.29, 0.717) is 5.13 Å². The lowest BCUT2D eigenvalue weighted by Gasteiger charge is -2.19. The van der Waals surface area contributed by atoms with Gasteiger partial charge in [-0.3, -0.25) is 10.3 Å². The molecule has 19 heavy (non-hydrogen) atoms. The van der Waals surface area contributed by atoms with Gasteiger partial charge in [-0.1, -0.05) is 11.3 Å². The number of amides is 2. The van der Waals surface area contributed by atoms with Crippen LogP contribution in [0.3, 0.4) is 0 Å². The molecule has 0 radical (unpaired) electrons. The number of pyridine rings is 1. The topological polar surface area (TPSA) is 79.8 Å². The largest absolute Gasteiger partial charge is 0.333 e. The number of carbonyl (C=O) groups is 1. The van der Waals surface area contributed by atoms with Gasteiger partial charge in [0.15, 0.2) is 0 Å². The first kappa shape index (κ1) is 13.4. The third-order valence-corrected chi connectivity index (χ3v) is 2.95. The zero-order valence-corrected chi connectivity index (χ0v) is 11.8. The summed E-state index contributed by atoms with van der Waals surface area (Å²) in [6, 6.07) is 3.41. The van der Waals surface area contributed by atoms with Crippen molar-refractivity contribution in [3.05, 3.63) is 24.5 Å². The van der Waals surface area contributed by atoms with Crippen LogP contribution in [0.25, 0.3) is 10.6 Å². The predicted octanol–water partition coefficient (Wildman–Crippen LogP) is 2.52. The summed E-state index contributed by atoms with van der Waals surface area (Å²) >= 11 is 1.32. The van der Waals surface area contributed by atoms with Crippen LogP contribution in [-0.2, 0) is 0 Å². The summed E-state index contributed by atoms with van der Waals surface area (Å²) in [6.45, 7) is 5.74. The van der Waals surface area contributed by atoms with E-state index in [4.69, 9.17) is 0 Å². The molecule has 0 fully saturated rings. The second-order valence-electron chi connectivity index (χ2n) is 4.98. The summed E-state index contributed by atoms with van der Waals surface area (Å²) in [6.07, 6.45) is 3.38. The lowest BCUT2D eigenvalue weighted by molar-refractivity contribution is 0.244. The van der Waals surface area contributed by atoms with Crippen LogP contribution in [0.5, 0.6) is 0 Å². The Hall–Kier alpha value is -2.02. The highest BCUT2D eigenvalue weighted by molar-refractivity contribution is 7.18. The van der Waals surface area contributed by atoms with Gasteiger partial charge < -0.3 is 5.32 Å². The Morgan fingerprint density at radius 3 is 2.53 bits per heavy atom. The smallest absolute Gasteiger partial charge is 0.321 e. The summed E-state index contributed by atoms with van der Waals surface area (Å²) in [5, 5.41) is 14.6. The quantitative estimate of drug-likeness (QED) is 0.884. The van der Waals surface area contributed by atoms with Crippen molar-refractivity contribution in [2.45, 2.75) is 26.3 Å². The molecular formula is C12H15N5OS. The van der Waals surface area contributed by atoms with E-state index in [1.807, 2.05) is 32.9 Å². The Bertz CT molecular complexity index is 561. The Balaban J connectivity index is 2.04. The maximum Gasteiger partial charge on any atom is 0.321 e. The molecule has 0 saturated heterocycles. The SMILES string of the molecule is CC(C)(C)NC(=O)Nc1nnc(-c2ccncc2)s1. The normalized spacial score (nSPS) is 11.1. The summed E-state index contributed by atoms with van der Waals surface area (Å²) in [5.74, 6) is 0. The molecule has 6 nitrogen and oxygen atoms in total. The zero-order valence-electron chi connectivity index (χ0n) is 11.0. The fourth-order valence-electron chi connectivity index (χ4n) is 1.35. The molecule has 0 unspecified atom stereocenters. The molecule has 0 spiro atoms. The van der Waals surface area contributed by atoms with E-state index in [1.54, 1.807) is 12.4 Å². The molecule has 0 aliphatic heterocycles. The Morgan fingerprint density at radius 2 is 1.89 bits per heavy atom. The van der Waals surface area contributed by atoms with Crippen LogP contribution in [0.2, 0.25) is 0 Å². The van der Waals surface area contributed by atoms with E-state index in [1.165, 1.54) is 11.3 Å². The summed E-state index contributed by atoms with van der Waals surface area (Å²) < 4.78 is 0. The highest BCUT2D eigenvalue weighted by Gasteiger charge is 2.15. The summed E-state index contributed by atoms with van der Waals surface area (Å²) in [4.78, 5) is 15.6. The molecule has 0 aromatic carbocycles. The molecule has 2 rings (SSSR count). The number of nitrogens with one attached hydrogen (secondary N) is 2. The van der Waals surface area contributed by atoms with Crippen LogP contribution in [0.4, 0.5) is 9.93 Å². The van der Waals surface area contributed by atoms with E-state index >= 15 is 0 Å². The molecule has 0 aliphatic rings. The van der Waals surface area contributed by atoms with Gasteiger partial charge in [-0.25, -0.2) is 4.79 Å². The van der Waals surface area contributed by atoms with Gasteiger partial charge in [0.25, 0.3) is 0 Å². The number of anilines is 1. The second kappa shape index (κ2) is 5.31. The third kappa shape index (κ3) is 3.99. The molecule has 100 valence electrons. The van der Waals surface area contributed by atoms with E-state index in [2.05, 4.69) is 25.8 Å². The van der Waals surface area contributed by atoms with Crippen molar-refractivity contribution in [1.29, 1.82) is 0 Å². The van der Waals surface area contributed by atoms with Crippen molar-refractivity contribution >= 4 is 22.5 Å². The monoisotopic (exact) mass is 277 g/mol. The molecule has 2 amide bonds. The van der Waals surface area contributed by atoms with Crippen molar-refractivity contribution in [1.82, 2.24) is 20.5 Å². The number of hydrogen-bond donors (Lipinski definition) is 2. The number of carbonyl (C=O) groups excluding carboxylic acids is 1. The number of rotatable bonds is 2. The maximum atomic E-state index is 11.7. The molecule has 2 aromatic heterocycles. The van der Waals surface area contributed by atoms with Gasteiger partial charge in [0, 0.05) is 23.5 Å². The Morgan fingerprint density at radius 1 is 1.21 bits per heavy atom. The molecule has 2 N–H and O–H groups in total. The molecule has 2 heterocycles. The van der Waals surface area contributed by atoms with Crippen LogP contribution in [0, 0.1) is 0 Å². The molecule has 0 bridgehead atoms. The third-order valence-electron chi connectivity index (χ3n) is 2.06. The van der Waals surface area contributed by atoms with Crippen LogP contribution in [0.1, 0.15) is 20.8 Å². The molecule has 7 heteroatoms. The molecule has 2 aromatic rings. The minimum Gasteiger partial charge on any atom is -0.333 e. The first-order valence-corrected chi connectivity index (χ1v) is 6.59. The first-order chi connectivity index (χ1) is 8.94. The van der Waals surface area contributed by atoms with Crippen molar-refractivity contribution in [3.63, 3.8) is 0 Å². The van der Waals surface area contributed by atoms with E-state index < -0.39 is 0 Å². The van der Waals surface area contributed by atoms with Crippen molar-refractivity contribution in [2.75, 3.05) is 5.32 Å². The Labute approximate surface area is 115 Å². The van der Waals surface area contributed by atoms with Gasteiger partial charge in [0.2, 0.25) is 5.13 Å². The van der Waals surface area contributed by atoms with E-state index in [-0.39, 0.29) is 11.6 Å². The molecule has 0 aliphatic carbocycles. The first-order valence-electron chi connectivity index (χ1n) is 5.77. The van der Waals surface area contributed by atoms with Crippen molar-refractivity contribution in [2.24, 2.45) is 0 Å². The van der Waals surface area contributed by atoms with Gasteiger partial charge >= 0.3 is 6.03 Å². The highest BCUT2D eigenvalue weighted by Crippen LogP contribution is 2.25. The zero-order chi connectivity index (χ0) is 13.9. The maximum absolute atomic E-state index is 11.7. The minimum absolute atomic E-state index is 0.287. The number of hydrogen-bond acceptors (Lipinski definition) is 5. The van der Waals surface area contributed by atoms with E-state index in [9.17, 15) is 4.79 Å². The van der Waals surface area contributed by atoms with Gasteiger partial charge in [-0.15, -0.1) is 10.2 Å². The van der Waals surface area contributed by atoms with Crippen molar-refractivity contribution in [3.8, 4) is 10.6 Å². The summed E-state index contributed by atoms with van der Waals surface area (Å²) in [7, 11) is 0. The van der Waals surface area contributed by atoms with Gasteiger partial charge in [-0.05, 0) is 32.9 Å². The van der Waals surface area contributed by atoms with Crippen LogP contribution >= 0.6 is 11.3 Å². The van der Waals surface area contributed by atoms with Crippen LogP contribution in [0.15, 0.2) is 24.5 Å². The highest BCUT2D eigenvalue weighted by atomic mass is 32.1. The average Bonchev–Trinajstić information content (AvgIpc) is 2.76. The fraction of sp³-hybridized carbons (Fsp3) is 0.333. The predicted molar refractivity (Wildman–Crippen MR) is 75.0 cm³/mol. The lowest BCUT2D eigenvalue weighted by atomic mass is 10.1. The van der Waals surface area contributed by atoms with Gasteiger partial charge in [0.05, 0.1) is 0 Å². The molecule has 0 saturated carbocycles. The Kier molecular flexibility index (Phi) is 3.75. The number of urea groups is 1. The van der Waals surface area contributed by atoms with Gasteiger partial charge in [-0.2, -0.15) is 0 Å². The average molecular weight is 277 g/mol. The number of aromatic nitrogens is 3. The standard InChI is InChI=1S/C12H15N5OS/c1-12(2,3)15-10(18)14-11-17-16-9(19-11)8-4-6-13-7-5-8/h4-7H,1-3H3,(H2,14,15,17,18). The molecular weight excluding hydrogens is 262 g/mol.